The number of nitrogens with zero attached hydrogens (tertiary/aromatic N) is 2. The Labute approximate surface area is 192 Å². The zero-order valence-electron chi connectivity index (χ0n) is 20.0. The molecule has 0 aliphatic carbocycles. The van der Waals surface area contributed by atoms with E-state index in [0.717, 1.165) is 12.0 Å². The number of rotatable bonds is 5. The first-order valence-corrected chi connectivity index (χ1v) is 13.3. The molecule has 1 radical (unpaired) electrons. The summed E-state index contributed by atoms with van der Waals surface area (Å²) in [7, 11) is -0.962. The molecule has 1 aromatic heterocycles. The van der Waals surface area contributed by atoms with Gasteiger partial charge in [-0.3, -0.25) is 4.79 Å². The number of pyridine rings is 1. The summed E-state index contributed by atoms with van der Waals surface area (Å²) >= 11 is 0. The molecule has 2 aromatic rings. The summed E-state index contributed by atoms with van der Waals surface area (Å²) in [5, 5.41) is 20.5. The van der Waals surface area contributed by atoms with E-state index in [1.165, 1.54) is 4.57 Å². The second kappa shape index (κ2) is 8.85. The summed E-state index contributed by atoms with van der Waals surface area (Å²) in [5.41, 5.74) is 0.850. The molecule has 0 bridgehead atoms. The lowest BCUT2D eigenvalue weighted by Gasteiger charge is -2.42. The van der Waals surface area contributed by atoms with E-state index in [0.29, 0.717) is 16.9 Å². The number of aliphatic hydroxyl groups excluding tert-OH is 1. The van der Waals surface area contributed by atoms with E-state index in [1.54, 1.807) is 44.3 Å². The molecule has 3 atom stereocenters. The van der Waals surface area contributed by atoms with Crippen molar-refractivity contribution in [1.82, 2.24) is 4.57 Å². The molecule has 1 aliphatic heterocycles. The Morgan fingerprint density at radius 1 is 1.28 bits per heavy atom. The molecule has 3 rings (SSSR count). The summed E-state index contributed by atoms with van der Waals surface area (Å²) in [6.07, 6.45) is 1.39. The highest BCUT2D eigenvalue weighted by molar-refractivity contribution is 6.48. The minimum absolute atomic E-state index is 0.0460. The number of hydrogen-bond donors (Lipinski definition) is 1. The Kier molecular flexibility index (Phi) is 6.71. The molecule has 7 heteroatoms. The van der Waals surface area contributed by atoms with E-state index in [4.69, 9.17) is 9.16 Å². The third kappa shape index (κ3) is 5.15. The predicted octanol–water partition coefficient (Wildman–Crippen LogP) is 4.59. The summed E-state index contributed by atoms with van der Waals surface area (Å²) in [6.45, 7) is 14.2. The average molecular weight is 454 g/mol. The van der Waals surface area contributed by atoms with Gasteiger partial charge in [0.2, 0.25) is 9.04 Å². The van der Waals surface area contributed by atoms with E-state index >= 15 is 0 Å². The van der Waals surface area contributed by atoms with Crippen LogP contribution in [0, 0.1) is 16.7 Å². The summed E-state index contributed by atoms with van der Waals surface area (Å²) < 4.78 is 13.8. The topological polar surface area (TPSA) is 84.5 Å². The predicted molar refractivity (Wildman–Crippen MR) is 126 cm³/mol. The van der Waals surface area contributed by atoms with Gasteiger partial charge in [-0.15, -0.1) is 0 Å². The highest BCUT2D eigenvalue weighted by atomic mass is 28.3. The van der Waals surface area contributed by atoms with Gasteiger partial charge in [0.15, 0.2) is 0 Å². The van der Waals surface area contributed by atoms with Gasteiger partial charge in [-0.05, 0) is 68.6 Å². The SMILES string of the molecule is C[Si](C)OC(CC(C)(C)C)c1ccn([C@H]2c3cc(C#N)ccc3OC(C)(C)[C@@H]2O)c(=O)c1. The fraction of sp³-hybridized carbons (Fsp3) is 0.520. The van der Waals surface area contributed by atoms with Gasteiger partial charge in [0.05, 0.1) is 23.8 Å². The molecule has 32 heavy (non-hydrogen) atoms. The summed E-state index contributed by atoms with van der Waals surface area (Å²) in [4.78, 5) is 13.3. The van der Waals surface area contributed by atoms with Gasteiger partial charge < -0.3 is 18.8 Å². The fourth-order valence-corrected chi connectivity index (χ4v) is 4.93. The van der Waals surface area contributed by atoms with Crippen LogP contribution in [-0.4, -0.2) is 30.4 Å². The van der Waals surface area contributed by atoms with Crippen molar-refractivity contribution in [2.45, 2.75) is 78.0 Å². The van der Waals surface area contributed by atoms with E-state index in [2.05, 4.69) is 39.9 Å². The maximum Gasteiger partial charge on any atom is 0.251 e. The quantitative estimate of drug-likeness (QED) is 0.670. The van der Waals surface area contributed by atoms with Crippen molar-refractivity contribution in [3.05, 3.63) is 63.6 Å². The molecular weight excluding hydrogens is 420 g/mol. The van der Waals surface area contributed by atoms with Crippen molar-refractivity contribution >= 4 is 9.04 Å². The molecule has 0 amide bonds. The van der Waals surface area contributed by atoms with Gasteiger partial charge in [0, 0.05) is 17.8 Å². The standard InChI is InChI=1S/C25H33N2O4Si/c1-24(2,3)14-20(31-32(6)7)17-10-11-27(21(28)13-17)22-18-12-16(15-26)8-9-19(18)30-25(4,5)23(22)29/h8-13,20,22-23,29H,14H2,1-7H3/t20?,22-,23+/m0/s1. The molecule has 6 nitrogen and oxygen atoms in total. The number of ether oxygens (including phenoxy) is 1. The monoisotopic (exact) mass is 453 g/mol. The Morgan fingerprint density at radius 3 is 2.53 bits per heavy atom. The minimum atomic E-state index is -0.977. The molecule has 1 aromatic carbocycles. The minimum Gasteiger partial charge on any atom is -0.485 e. The van der Waals surface area contributed by atoms with Crippen LogP contribution in [0.4, 0.5) is 0 Å². The first-order valence-electron chi connectivity index (χ1n) is 10.9. The largest absolute Gasteiger partial charge is 0.485 e. The Morgan fingerprint density at radius 2 is 1.97 bits per heavy atom. The third-order valence-corrected chi connectivity index (χ3v) is 6.42. The Bertz CT molecular complexity index is 1080. The second-order valence-corrected chi connectivity index (χ2v) is 12.5. The van der Waals surface area contributed by atoms with Crippen LogP contribution in [0.3, 0.4) is 0 Å². The molecule has 0 saturated heterocycles. The lowest BCUT2D eigenvalue weighted by molar-refractivity contribution is -0.0643. The molecule has 1 aliphatic rings. The second-order valence-electron chi connectivity index (χ2n) is 10.4. The zero-order valence-corrected chi connectivity index (χ0v) is 21.0. The van der Waals surface area contributed by atoms with Crippen molar-refractivity contribution < 1.29 is 14.3 Å². The third-order valence-electron chi connectivity index (χ3n) is 5.66. The van der Waals surface area contributed by atoms with E-state index in [9.17, 15) is 15.2 Å². The van der Waals surface area contributed by atoms with Crippen LogP contribution in [0.2, 0.25) is 13.1 Å². The highest BCUT2D eigenvalue weighted by Crippen LogP contribution is 2.42. The van der Waals surface area contributed by atoms with Gasteiger partial charge in [-0.2, -0.15) is 5.26 Å². The van der Waals surface area contributed by atoms with Gasteiger partial charge in [0.1, 0.15) is 17.5 Å². The first-order chi connectivity index (χ1) is 14.8. The lowest BCUT2D eigenvalue weighted by atomic mass is 9.85. The van der Waals surface area contributed by atoms with Crippen LogP contribution in [-0.2, 0) is 4.43 Å². The molecule has 2 heterocycles. The fourth-order valence-electron chi connectivity index (χ4n) is 4.14. The van der Waals surface area contributed by atoms with Crippen LogP contribution < -0.4 is 10.3 Å². The molecular formula is C25H33N2O4Si. The van der Waals surface area contributed by atoms with E-state index in [-0.39, 0.29) is 17.1 Å². The van der Waals surface area contributed by atoms with Gasteiger partial charge in [-0.1, -0.05) is 20.8 Å². The van der Waals surface area contributed by atoms with Crippen LogP contribution in [0.1, 0.15) is 69.9 Å². The van der Waals surface area contributed by atoms with Gasteiger partial charge >= 0.3 is 0 Å². The van der Waals surface area contributed by atoms with Gasteiger partial charge in [0.25, 0.3) is 5.56 Å². The van der Waals surface area contributed by atoms with Crippen LogP contribution in [0.25, 0.3) is 0 Å². The smallest absolute Gasteiger partial charge is 0.251 e. The number of hydrogen-bond acceptors (Lipinski definition) is 5. The summed E-state index contributed by atoms with van der Waals surface area (Å²) in [5.74, 6) is 0.568. The highest BCUT2D eigenvalue weighted by Gasteiger charge is 2.44. The van der Waals surface area contributed by atoms with Crippen molar-refractivity contribution in [3.63, 3.8) is 0 Å². The average Bonchev–Trinajstić information content (AvgIpc) is 2.67. The number of fused-ring (bicyclic) bond motifs is 1. The van der Waals surface area contributed by atoms with Crippen molar-refractivity contribution in [3.8, 4) is 11.8 Å². The zero-order chi connectivity index (χ0) is 23.8. The summed E-state index contributed by atoms with van der Waals surface area (Å²) in [6, 6.07) is 10.1. The maximum absolute atomic E-state index is 13.3. The normalized spacial score (nSPS) is 20.9. The number of nitriles is 1. The van der Waals surface area contributed by atoms with Crippen molar-refractivity contribution in [2.24, 2.45) is 5.41 Å². The van der Waals surface area contributed by atoms with Gasteiger partial charge in [-0.25, -0.2) is 0 Å². The molecule has 0 saturated carbocycles. The van der Waals surface area contributed by atoms with Crippen molar-refractivity contribution in [2.75, 3.05) is 0 Å². The van der Waals surface area contributed by atoms with Crippen LogP contribution in [0.15, 0.2) is 41.3 Å². The molecule has 0 spiro atoms. The number of aliphatic hydroxyl groups is 1. The first kappa shape index (κ1) is 24.2. The molecule has 1 N–H and O–H groups in total. The maximum atomic E-state index is 13.3. The molecule has 171 valence electrons. The number of aromatic nitrogens is 1. The lowest BCUT2D eigenvalue weighted by Crippen LogP contribution is -2.52. The molecule has 0 fully saturated rings. The molecule has 1 unspecified atom stereocenters. The number of benzene rings is 1. The van der Waals surface area contributed by atoms with Crippen molar-refractivity contribution in [1.29, 1.82) is 5.26 Å². The van der Waals surface area contributed by atoms with E-state index in [1.807, 2.05) is 6.07 Å². The Balaban J connectivity index is 2.08. The van der Waals surface area contributed by atoms with E-state index < -0.39 is 26.8 Å². The Hall–Kier alpha value is -2.40. The van der Waals surface area contributed by atoms with Crippen LogP contribution in [0.5, 0.6) is 5.75 Å². The van der Waals surface area contributed by atoms with Crippen LogP contribution >= 0.6 is 0 Å².